The lowest BCUT2D eigenvalue weighted by Crippen LogP contribution is -3.00. The van der Waals surface area contributed by atoms with Gasteiger partial charge in [0.1, 0.15) is 0 Å². The number of ether oxygens (including phenoxy) is 4. The molecule has 27 heavy (non-hydrogen) atoms. The highest BCUT2D eigenvalue weighted by Crippen LogP contribution is 2.41. The molecule has 2 aromatic carbocycles. The summed E-state index contributed by atoms with van der Waals surface area (Å²) in [5, 5.41) is 2.15. The lowest BCUT2D eigenvalue weighted by molar-refractivity contribution is -0.686. The zero-order valence-electron chi connectivity index (χ0n) is 15.8. The Hall–Kier alpha value is -2.66. The van der Waals surface area contributed by atoms with Gasteiger partial charge in [0.05, 0.1) is 39.4 Å². The molecule has 1 aliphatic rings. The third-order valence-electron chi connectivity index (χ3n) is 5.03. The summed E-state index contributed by atoms with van der Waals surface area (Å²) in [6.07, 6.45) is 3.02. The van der Waals surface area contributed by atoms with E-state index in [1.807, 2.05) is 12.1 Å². The van der Waals surface area contributed by atoms with Crippen LogP contribution in [-0.4, -0.2) is 28.4 Å². The van der Waals surface area contributed by atoms with Crippen molar-refractivity contribution in [1.29, 1.82) is 0 Å². The van der Waals surface area contributed by atoms with Gasteiger partial charge in [-0.05, 0) is 29.7 Å². The summed E-state index contributed by atoms with van der Waals surface area (Å²) >= 11 is 0. The largest absolute Gasteiger partial charge is 1.00 e. The minimum atomic E-state index is 0. The molecule has 0 saturated carbocycles. The zero-order chi connectivity index (χ0) is 18.3. The Labute approximate surface area is 164 Å². The van der Waals surface area contributed by atoms with Crippen molar-refractivity contribution < 1.29 is 35.9 Å². The van der Waals surface area contributed by atoms with E-state index < -0.39 is 0 Å². The average Bonchev–Trinajstić information content (AvgIpc) is 2.70. The van der Waals surface area contributed by atoms with Crippen LogP contribution in [0.25, 0.3) is 22.0 Å². The van der Waals surface area contributed by atoms with Crippen molar-refractivity contribution in [2.24, 2.45) is 0 Å². The predicted octanol–water partition coefficient (Wildman–Crippen LogP) is 0.389. The quantitative estimate of drug-likeness (QED) is 0.607. The maximum atomic E-state index is 5.63. The lowest BCUT2D eigenvalue weighted by atomic mass is 9.94. The van der Waals surface area contributed by atoms with E-state index in [1.165, 1.54) is 11.1 Å². The van der Waals surface area contributed by atoms with Crippen LogP contribution in [0.5, 0.6) is 23.0 Å². The molecular formula is C21H22ClNO4. The summed E-state index contributed by atoms with van der Waals surface area (Å²) in [5.41, 5.74) is 3.52. The maximum absolute atomic E-state index is 5.63. The van der Waals surface area contributed by atoms with E-state index in [0.29, 0.717) is 0 Å². The fourth-order valence-electron chi connectivity index (χ4n) is 3.81. The first-order valence-corrected chi connectivity index (χ1v) is 8.54. The normalized spacial score (nSPS) is 11.9. The second kappa shape index (κ2) is 7.53. The number of hydrogen-bond acceptors (Lipinski definition) is 4. The molecule has 0 spiro atoms. The molecule has 0 unspecified atom stereocenters. The fraction of sp³-hybridized carbons (Fsp3) is 0.286. The first-order valence-electron chi connectivity index (χ1n) is 8.54. The number of nitrogens with zero attached hydrogens (tertiary/aromatic N) is 1. The van der Waals surface area contributed by atoms with Crippen LogP contribution in [0.1, 0.15) is 5.56 Å². The molecule has 6 heteroatoms. The predicted molar refractivity (Wildman–Crippen MR) is 99.5 cm³/mol. The highest BCUT2D eigenvalue weighted by Gasteiger charge is 2.28. The summed E-state index contributed by atoms with van der Waals surface area (Å²) in [4.78, 5) is 0. The molecule has 0 amide bonds. The van der Waals surface area contributed by atoms with Gasteiger partial charge in [-0.3, -0.25) is 0 Å². The summed E-state index contributed by atoms with van der Waals surface area (Å²) in [7, 11) is 6.69. The van der Waals surface area contributed by atoms with Crippen molar-refractivity contribution in [1.82, 2.24) is 0 Å². The second-order valence-electron chi connectivity index (χ2n) is 6.23. The number of fused-ring (bicyclic) bond motifs is 4. The molecule has 4 rings (SSSR count). The number of methoxy groups -OCH3 is 4. The fourth-order valence-corrected chi connectivity index (χ4v) is 3.81. The van der Waals surface area contributed by atoms with Gasteiger partial charge >= 0.3 is 0 Å². The Morgan fingerprint density at radius 1 is 0.815 bits per heavy atom. The van der Waals surface area contributed by atoms with Gasteiger partial charge in [0.25, 0.3) is 0 Å². The van der Waals surface area contributed by atoms with E-state index >= 15 is 0 Å². The molecule has 0 fully saturated rings. The van der Waals surface area contributed by atoms with Crippen molar-refractivity contribution in [3.8, 4) is 34.3 Å². The van der Waals surface area contributed by atoms with Gasteiger partial charge < -0.3 is 31.4 Å². The highest BCUT2D eigenvalue weighted by molar-refractivity contribution is 5.91. The van der Waals surface area contributed by atoms with Gasteiger partial charge in [-0.25, -0.2) is 0 Å². The summed E-state index contributed by atoms with van der Waals surface area (Å²) in [6, 6.07) is 10.3. The van der Waals surface area contributed by atoms with Crippen molar-refractivity contribution >= 4 is 10.8 Å². The Balaban J connectivity index is 0.00000210. The zero-order valence-corrected chi connectivity index (χ0v) is 16.6. The number of rotatable bonds is 4. The number of pyridine rings is 1. The molecule has 5 nitrogen and oxygen atoms in total. The first-order chi connectivity index (χ1) is 12.7. The number of aromatic nitrogens is 1. The van der Waals surface area contributed by atoms with E-state index in [4.69, 9.17) is 18.9 Å². The Morgan fingerprint density at radius 3 is 2.15 bits per heavy atom. The minimum Gasteiger partial charge on any atom is -1.00 e. The van der Waals surface area contributed by atoms with Crippen molar-refractivity contribution in [3.63, 3.8) is 0 Å². The van der Waals surface area contributed by atoms with Crippen LogP contribution in [0.15, 0.2) is 36.5 Å². The van der Waals surface area contributed by atoms with Gasteiger partial charge in [0.2, 0.25) is 5.69 Å². The second-order valence-corrected chi connectivity index (χ2v) is 6.23. The van der Waals surface area contributed by atoms with E-state index in [9.17, 15) is 0 Å². The molecule has 1 aliphatic heterocycles. The first kappa shape index (κ1) is 19.1. The molecule has 0 N–H and O–H groups in total. The van der Waals surface area contributed by atoms with E-state index in [2.05, 4.69) is 29.0 Å². The molecule has 1 aromatic heterocycles. The highest BCUT2D eigenvalue weighted by atomic mass is 35.5. The van der Waals surface area contributed by atoms with Crippen LogP contribution in [-0.2, 0) is 13.0 Å². The van der Waals surface area contributed by atoms with Gasteiger partial charge in [-0.2, -0.15) is 4.57 Å². The van der Waals surface area contributed by atoms with Crippen LogP contribution in [0.4, 0.5) is 0 Å². The molecule has 0 bridgehead atoms. The Kier molecular flexibility index (Phi) is 5.33. The number of hydrogen-bond donors (Lipinski definition) is 0. The smallest absolute Gasteiger partial charge is 0.213 e. The van der Waals surface area contributed by atoms with Crippen LogP contribution >= 0.6 is 0 Å². The lowest BCUT2D eigenvalue weighted by Gasteiger charge is -2.20. The standard InChI is InChI=1S/C21H22NO4.ClH/c1-23-18-7-5-13-11-17-14-6-8-19(24-2)20(25-3)15(14)9-10-22(17)12-16(13)21(18)26-4;/h5-8,11-12H,9-10H2,1-4H3;1H/q+1;/p-1. The molecule has 0 radical (unpaired) electrons. The van der Waals surface area contributed by atoms with Crippen LogP contribution in [0.3, 0.4) is 0 Å². The van der Waals surface area contributed by atoms with Gasteiger partial charge in [0, 0.05) is 18.1 Å². The van der Waals surface area contributed by atoms with Crippen LogP contribution < -0.4 is 35.9 Å². The number of halogens is 1. The van der Waals surface area contributed by atoms with Gasteiger partial charge in [-0.1, -0.05) is 0 Å². The molecule has 2 heterocycles. The number of aryl methyl sites for hydroxylation is 1. The van der Waals surface area contributed by atoms with E-state index in [1.54, 1.807) is 28.4 Å². The third-order valence-corrected chi connectivity index (χ3v) is 5.03. The Bertz CT molecular complexity index is 1000. The molecule has 142 valence electrons. The minimum absolute atomic E-state index is 0. The van der Waals surface area contributed by atoms with Crippen molar-refractivity contribution in [2.45, 2.75) is 13.0 Å². The topological polar surface area (TPSA) is 40.8 Å². The van der Waals surface area contributed by atoms with Crippen LogP contribution in [0.2, 0.25) is 0 Å². The van der Waals surface area contributed by atoms with Crippen molar-refractivity contribution in [2.75, 3.05) is 28.4 Å². The monoisotopic (exact) mass is 387 g/mol. The molecule has 3 aromatic rings. The SMILES string of the molecule is COc1ccc2c(c1OC)CC[n+]1cc3c(OC)c(OC)ccc3cc1-2.[Cl-]. The third kappa shape index (κ3) is 2.92. The molecular weight excluding hydrogens is 366 g/mol. The summed E-state index contributed by atoms with van der Waals surface area (Å²) < 4.78 is 24.4. The number of benzene rings is 2. The maximum Gasteiger partial charge on any atom is 0.213 e. The Morgan fingerprint density at radius 2 is 1.48 bits per heavy atom. The summed E-state index contributed by atoms with van der Waals surface area (Å²) in [6.45, 7) is 0.863. The molecule has 0 saturated heterocycles. The average molecular weight is 388 g/mol. The van der Waals surface area contributed by atoms with E-state index in [0.717, 1.165) is 52.4 Å². The van der Waals surface area contributed by atoms with Gasteiger partial charge in [-0.15, -0.1) is 0 Å². The molecule has 0 aliphatic carbocycles. The summed E-state index contributed by atoms with van der Waals surface area (Å²) in [5.74, 6) is 3.09. The van der Waals surface area contributed by atoms with Gasteiger partial charge in [0.15, 0.2) is 35.7 Å². The van der Waals surface area contributed by atoms with E-state index in [-0.39, 0.29) is 12.4 Å². The van der Waals surface area contributed by atoms with Crippen LogP contribution in [0, 0.1) is 0 Å². The molecule has 0 atom stereocenters. The van der Waals surface area contributed by atoms with Crippen molar-refractivity contribution in [3.05, 3.63) is 42.1 Å².